The molecule has 1 heterocycles. The zero-order valence-electron chi connectivity index (χ0n) is 8.82. The minimum atomic E-state index is 0.287. The minimum Gasteiger partial charge on any atom is -0.461 e. The Morgan fingerprint density at radius 2 is 2.13 bits per heavy atom. The van der Waals surface area contributed by atoms with E-state index in [-0.39, 0.29) is 5.78 Å². The van der Waals surface area contributed by atoms with Gasteiger partial charge in [-0.15, -0.1) is 0 Å². The number of furan rings is 1. The highest BCUT2D eigenvalue weighted by molar-refractivity contribution is 5.79. The summed E-state index contributed by atoms with van der Waals surface area (Å²) in [6, 6.07) is 9.91. The van der Waals surface area contributed by atoms with Crippen molar-refractivity contribution in [2.24, 2.45) is 0 Å². The molecule has 0 bridgehead atoms. The summed E-state index contributed by atoms with van der Waals surface area (Å²) >= 11 is 0. The SMILES string of the molecule is CCC(=O)CCc1cc2ccccc2o1. The molecule has 0 fully saturated rings. The first-order chi connectivity index (χ1) is 7.29. The predicted molar refractivity (Wildman–Crippen MR) is 59.8 cm³/mol. The Hall–Kier alpha value is -1.57. The summed E-state index contributed by atoms with van der Waals surface area (Å²) in [5.41, 5.74) is 0.899. The summed E-state index contributed by atoms with van der Waals surface area (Å²) in [5.74, 6) is 1.19. The van der Waals surface area contributed by atoms with E-state index in [0.717, 1.165) is 16.7 Å². The number of carbonyl (C=O) groups excluding carboxylic acids is 1. The molecule has 2 nitrogen and oxygen atoms in total. The number of carbonyl (C=O) groups is 1. The van der Waals surface area contributed by atoms with Crippen LogP contribution in [0, 0.1) is 0 Å². The molecule has 2 rings (SSSR count). The standard InChI is InChI=1S/C13H14O2/c1-2-11(14)7-8-12-9-10-5-3-4-6-13(10)15-12/h3-6,9H,2,7-8H2,1H3. The molecule has 0 unspecified atom stereocenters. The molecule has 15 heavy (non-hydrogen) atoms. The van der Waals surface area contributed by atoms with Crippen LogP contribution in [0.25, 0.3) is 11.0 Å². The van der Waals surface area contributed by atoms with Gasteiger partial charge in [0, 0.05) is 24.6 Å². The van der Waals surface area contributed by atoms with Gasteiger partial charge in [-0.2, -0.15) is 0 Å². The maximum atomic E-state index is 11.2. The van der Waals surface area contributed by atoms with Gasteiger partial charge >= 0.3 is 0 Å². The molecule has 0 N–H and O–H groups in total. The van der Waals surface area contributed by atoms with E-state index >= 15 is 0 Å². The lowest BCUT2D eigenvalue weighted by molar-refractivity contribution is -0.118. The van der Waals surface area contributed by atoms with Crippen molar-refractivity contribution in [2.45, 2.75) is 26.2 Å². The second-order valence-corrected chi connectivity index (χ2v) is 3.64. The smallest absolute Gasteiger partial charge is 0.134 e. The van der Waals surface area contributed by atoms with Gasteiger partial charge in [-0.25, -0.2) is 0 Å². The third-order valence-electron chi connectivity index (χ3n) is 2.52. The first kappa shape index (κ1) is 9.97. The van der Waals surface area contributed by atoms with E-state index in [1.165, 1.54) is 0 Å². The highest BCUT2D eigenvalue weighted by atomic mass is 16.3. The molecular weight excluding hydrogens is 188 g/mol. The van der Waals surface area contributed by atoms with Crippen LogP contribution in [-0.4, -0.2) is 5.78 Å². The molecule has 0 aliphatic heterocycles. The largest absolute Gasteiger partial charge is 0.461 e. The molecule has 2 heteroatoms. The molecule has 78 valence electrons. The van der Waals surface area contributed by atoms with Crippen molar-refractivity contribution >= 4 is 16.8 Å². The van der Waals surface area contributed by atoms with Gasteiger partial charge in [0.25, 0.3) is 0 Å². The molecule has 0 saturated heterocycles. The lowest BCUT2D eigenvalue weighted by atomic mass is 10.1. The topological polar surface area (TPSA) is 30.2 Å². The average molecular weight is 202 g/mol. The molecule has 0 atom stereocenters. The van der Waals surface area contributed by atoms with E-state index in [4.69, 9.17) is 4.42 Å². The predicted octanol–water partition coefficient (Wildman–Crippen LogP) is 3.34. The van der Waals surface area contributed by atoms with Crippen LogP contribution >= 0.6 is 0 Å². The van der Waals surface area contributed by atoms with Crippen LogP contribution in [0.1, 0.15) is 25.5 Å². The van der Waals surface area contributed by atoms with Gasteiger partial charge in [0.2, 0.25) is 0 Å². The molecule has 0 radical (unpaired) electrons. The molecule has 0 aliphatic rings. The Morgan fingerprint density at radius 3 is 2.87 bits per heavy atom. The molecule has 2 aromatic rings. The molecule has 1 aromatic heterocycles. The highest BCUT2D eigenvalue weighted by Gasteiger charge is 2.05. The maximum absolute atomic E-state index is 11.2. The molecule has 1 aromatic carbocycles. The van der Waals surface area contributed by atoms with Gasteiger partial charge in [-0.1, -0.05) is 25.1 Å². The maximum Gasteiger partial charge on any atom is 0.134 e. The van der Waals surface area contributed by atoms with Crippen LogP contribution in [0.3, 0.4) is 0 Å². The number of fused-ring (bicyclic) bond motifs is 1. The van der Waals surface area contributed by atoms with Crippen molar-refractivity contribution in [3.63, 3.8) is 0 Å². The first-order valence-electron chi connectivity index (χ1n) is 5.28. The lowest BCUT2D eigenvalue weighted by Gasteiger charge is -1.93. The van der Waals surface area contributed by atoms with Crippen LogP contribution in [0.2, 0.25) is 0 Å². The molecule has 0 saturated carbocycles. The van der Waals surface area contributed by atoms with E-state index < -0.39 is 0 Å². The second kappa shape index (κ2) is 4.30. The van der Waals surface area contributed by atoms with Crippen molar-refractivity contribution in [1.82, 2.24) is 0 Å². The summed E-state index contributed by atoms with van der Waals surface area (Å²) in [6.45, 7) is 1.89. The quantitative estimate of drug-likeness (QED) is 0.761. The van der Waals surface area contributed by atoms with Crippen LogP contribution in [0.4, 0.5) is 0 Å². The van der Waals surface area contributed by atoms with Gasteiger partial charge < -0.3 is 4.42 Å². The van der Waals surface area contributed by atoms with Gasteiger partial charge in [0.15, 0.2) is 0 Å². The van der Waals surface area contributed by atoms with Crippen LogP contribution in [-0.2, 0) is 11.2 Å². The number of Topliss-reactive ketones (excluding diaryl/α,β-unsaturated/α-hetero) is 1. The molecular formula is C13H14O2. The number of hydrogen-bond acceptors (Lipinski definition) is 2. The Kier molecular flexibility index (Phi) is 2.86. The molecule has 0 amide bonds. The fourth-order valence-corrected chi connectivity index (χ4v) is 1.60. The zero-order valence-corrected chi connectivity index (χ0v) is 8.82. The van der Waals surface area contributed by atoms with E-state index in [9.17, 15) is 4.79 Å². The fourth-order valence-electron chi connectivity index (χ4n) is 1.60. The number of hydrogen-bond donors (Lipinski definition) is 0. The Morgan fingerprint density at radius 1 is 1.33 bits per heavy atom. The number of rotatable bonds is 4. The van der Waals surface area contributed by atoms with Gasteiger partial charge in [0.05, 0.1) is 0 Å². The van der Waals surface area contributed by atoms with Gasteiger partial charge in [-0.3, -0.25) is 4.79 Å². The summed E-state index contributed by atoms with van der Waals surface area (Å²) in [4.78, 5) is 11.2. The summed E-state index contributed by atoms with van der Waals surface area (Å²) in [6.07, 6.45) is 1.90. The third kappa shape index (κ3) is 2.27. The van der Waals surface area contributed by atoms with E-state index in [1.807, 2.05) is 37.3 Å². The van der Waals surface area contributed by atoms with Gasteiger partial charge in [0.1, 0.15) is 17.1 Å². The van der Waals surface area contributed by atoms with Crippen molar-refractivity contribution in [1.29, 1.82) is 0 Å². The number of benzene rings is 1. The summed E-state index contributed by atoms with van der Waals surface area (Å²) in [7, 11) is 0. The van der Waals surface area contributed by atoms with E-state index in [0.29, 0.717) is 19.3 Å². The molecule has 0 aliphatic carbocycles. The monoisotopic (exact) mass is 202 g/mol. The van der Waals surface area contributed by atoms with Crippen LogP contribution in [0.5, 0.6) is 0 Å². The number of aryl methyl sites for hydroxylation is 1. The highest BCUT2D eigenvalue weighted by Crippen LogP contribution is 2.19. The Balaban J connectivity index is 2.12. The van der Waals surface area contributed by atoms with Crippen molar-refractivity contribution in [3.8, 4) is 0 Å². The first-order valence-corrected chi connectivity index (χ1v) is 5.28. The van der Waals surface area contributed by atoms with Crippen LogP contribution < -0.4 is 0 Å². The summed E-state index contributed by atoms with van der Waals surface area (Å²) < 4.78 is 5.61. The minimum absolute atomic E-state index is 0.287. The van der Waals surface area contributed by atoms with E-state index in [2.05, 4.69) is 0 Å². The van der Waals surface area contributed by atoms with Crippen molar-refractivity contribution in [3.05, 3.63) is 36.1 Å². The van der Waals surface area contributed by atoms with Gasteiger partial charge in [-0.05, 0) is 12.1 Å². The average Bonchev–Trinajstić information content (AvgIpc) is 2.68. The summed E-state index contributed by atoms with van der Waals surface area (Å²) in [5, 5.41) is 1.11. The van der Waals surface area contributed by atoms with Crippen molar-refractivity contribution < 1.29 is 9.21 Å². The van der Waals surface area contributed by atoms with Crippen molar-refractivity contribution in [2.75, 3.05) is 0 Å². The zero-order chi connectivity index (χ0) is 10.7. The van der Waals surface area contributed by atoms with Crippen LogP contribution in [0.15, 0.2) is 34.7 Å². The second-order valence-electron chi connectivity index (χ2n) is 3.64. The Bertz CT molecular complexity index is 435. The number of ketones is 1. The van der Waals surface area contributed by atoms with E-state index in [1.54, 1.807) is 0 Å². The fraction of sp³-hybridized carbons (Fsp3) is 0.308. The Labute approximate surface area is 88.9 Å². The number of para-hydroxylation sites is 1. The third-order valence-corrected chi connectivity index (χ3v) is 2.52. The molecule has 0 spiro atoms. The normalized spacial score (nSPS) is 10.7. The lowest BCUT2D eigenvalue weighted by Crippen LogP contribution is -1.96.